The van der Waals surface area contributed by atoms with Crippen molar-refractivity contribution in [2.75, 3.05) is 0 Å². The first-order valence-corrected chi connectivity index (χ1v) is 8.05. The van der Waals surface area contributed by atoms with Gasteiger partial charge in [0.15, 0.2) is 0 Å². The molecule has 1 heterocycles. The molecule has 3 rings (SSSR count). The first kappa shape index (κ1) is 14.6. The summed E-state index contributed by atoms with van der Waals surface area (Å²) in [6.07, 6.45) is 1.42. The van der Waals surface area contributed by atoms with Crippen LogP contribution in [0.4, 0.5) is 0 Å². The van der Waals surface area contributed by atoms with E-state index < -0.39 is 0 Å². The lowest BCUT2D eigenvalue weighted by Crippen LogP contribution is -2.06. The number of hydrogen-bond acceptors (Lipinski definition) is 3. The number of benzene rings is 1. The van der Waals surface area contributed by atoms with Crippen LogP contribution in [0.2, 0.25) is 0 Å². The Bertz CT molecular complexity index is 667. The molecule has 0 bridgehead atoms. The Labute approximate surface area is 132 Å². The van der Waals surface area contributed by atoms with E-state index >= 15 is 0 Å². The van der Waals surface area contributed by atoms with Gasteiger partial charge >= 0.3 is 0 Å². The molecule has 2 aromatic rings. The van der Waals surface area contributed by atoms with Gasteiger partial charge in [-0.2, -0.15) is 5.10 Å². The molecule has 1 N–H and O–H groups in total. The number of aliphatic hydroxyl groups excluding tert-OH is 1. The van der Waals surface area contributed by atoms with Crippen molar-refractivity contribution >= 4 is 15.9 Å². The number of ether oxygens (including phenoxy) is 1. The van der Waals surface area contributed by atoms with E-state index in [1.165, 1.54) is 5.56 Å². The molecule has 1 aromatic heterocycles. The molecular weight excluding hydrogens is 332 g/mol. The molecule has 0 fully saturated rings. The Kier molecular flexibility index (Phi) is 4.04. The average Bonchev–Trinajstić information content (AvgIpc) is 2.98. The Hall–Kier alpha value is -1.33. The fraction of sp³-hybridized carbons (Fsp3) is 0.438. The van der Waals surface area contributed by atoms with E-state index in [2.05, 4.69) is 28.0 Å². The van der Waals surface area contributed by atoms with Gasteiger partial charge < -0.3 is 9.84 Å². The molecule has 0 saturated carbocycles. The van der Waals surface area contributed by atoms with Crippen LogP contribution in [0.25, 0.3) is 0 Å². The third-order valence-corrected chi connectivity index (χ3v) is 5.02. The predicted molar refractivity (Wildman–Crippen MR) is 84.4 cm³/mol. The summed E-state index contributed by atoms with van der Waals surface area (Å²) in [5.74, 6) is 0.844. The van der Waals surface area contributed by atoms with Crippen LogP contribution in [0, 0.1) is 6.92 Å². The van der Waals surface area contributed by atoms with E-state index in [1.807, 2.05) is 29.8 Å². The molecule has 21 heavy (non-hydrogen) atoms. The van der Waals surface area contributed by atoms with Gasteiger partial charge in [0.2, 0.25) is 0 Å². The van der Waals surface area contributed by atoms with E-state index in [1.54, 1.807) is 0 Å². The zero-order valence-corrected chi connectivity index (χ0v) is 13.9. The van der Waals surface area contributed by atoms with Crippen LogP contribution in [0.3, 0.4) is 0 Å². The lowest BCUT2D eigenvalue weighted by atomic mass is 10.1. The Morgan fingerprint density at radius 2 is 2.29 bits per heavy atom. The van der Waals surface area contributed by atoms with Gasteiger partial charge in [0.25, 0.3) is 0 Å². The molecule has 1 aliphatic rings. The van der Waals surface area contributed by atoms with Crippen molar-refractivity contribution in [1.29, 1.82) is 0 Å². The number of rotatable bonds is 4. The van der Waals surface area contributed by atoms with Crippen molar-refractivity contribution in [1.82, 2.24) is 9.78 Å². The van der Waals surface area contributed by atoms with Crippen molar-refractivity contribution in [3.8, 4) is 5.75 Å². The second-order valence-electron chi connectivity index (χ2n) is 5.37. The van der Waals surface area contributed by atoms with Crippen LogP contribution < -0.4 is 4.74 Å². The lowest BCUT2D eigenvalue weighted by molar-refractivity contribution is 0.180. The molecule has 0 radical (unpaired) electrons. The van der Waals surface area contributed by atoms with Crippen LogP contribution in [0.5, 0.6) is 5.75 Å². The van der Waals surface area contributed by atoms with Crippen molar-refractivity contribution in [2.24, 2.45) is 0 Å². The highest BCUT2D eigenvalue weighted by atomic mass is 79.9. The summed E-state index contributed by atoms with van der Waals surface area (Å²) in [6, 6.07) is 5.94. The largest absolute Gasteiger partial charge is 0.487 e. The SMILES string of the molecule is CCn1nc(C)c(Br)c1COc1ccc2c(c1)CC[C@H]2O. The van der Waals surface area contributed by atoms with Gasteiger partial charge in [0, 0.05) is 6.54 Å². The number of halogens is 1. The first-order valence-electron chi connectivity index (χ1n) is 7.25. The zero-order chi connectivity index (χ0) is 15.0. The number of fused-ring (bicyclic) bond motifs is 1. The summed E-state index contributed by atoms with van der Waals surface area (Å²) in [5, 5.41) is 14.3. The topological polar surface area (TPSA) is 47.3 Å². The van der Waals surface area contributed by atoms with Gasteiger partial charge in [-0.05, 0) is 65.9 Å². The number of nitrogens with zero attached hydrogens (tertiary/aromatic N) is 2. The van der Waals surface area contributed by atoms with E-state index in [0.717, 1.165) is 46.6 Å². The maximum Gasteiger partial charge on any atom is 0.131 e. The maximum atomic E-state index is 9.83. The minimum absolute atomic E-state index is 0.313. The van der Waals surface area contributed by atoms with Gasteiger partial charge in [0.05, 0.1) is 22.0 Å². The molecular formula is C16H19BrN2O2. The number of hydrogen-bond donors (Lipinski definition) is 1. The Morgan fingerprint density at radius 1 is 1.48 bits per heavy atom. The van der Waals surface area contributed by atoms with Gasteiger partial charge in [-0.15, -0.1) is 0 Å². The van der Waals surface area contributed by atoms with Crippen molar-refractivity contribution in [2.45, 2.75) is 45.9 Å². The molecule has 0 spiro atoms. The lowest BCUT2D eigenvalue weighted by Gasteiger charge is -2.10. The Balaban J connectivity index is 1.77. The van der Waals surface area contributed by atoms with Crippen molar-refractivity contribution < 1.29 is 9.84 Å². The summed E-state index contributed by atoms with van der Waals surface area (Å²) in [5.41, 5.74) is 4.26. The van der Waals surface area contributed by atoms with Gasteiger partial charge in [-0.3, -0.25) is 4.68 Å². The van der Waals surface area contributed by atoms with E-state index in [-0.39, 0.29) is 6.10 Å². The van der Waals surface area contributed by atoms with Crippen LogP contribution in [-0.2, 0) is 19.6 Å². The maximum absolute atomic E-state index is 9.83. The summed E-state index contributed by atoms with van der Waals surface area (Å²) in [7, 11) is 0. The van der Waals surface area contributed by atoms with Crippen LogP contribution >= 0.6 is 15.9 Å². The van der Waals surface area contributed by atoms with E-state index in [0.29, 0.717) is 6.61 Å². The molecule has 0 saturated heterocycles. The minimum atomic E-state index is -0.313. The number of aryl methyl sites for hydroxylation is 3. The number of aromatic nitrogens is 2. The van der Waals surface area contributed by atoms with Crippen molar-refractivity contribution in [3.05, 3.63) is 45.2 Å². The fourth-order valence-electron chi connectivity index (χ4n) is 2.82. The highest BCUT2D eigenvalue weighted by Gasteiger charge is 2.20. The molecule has 0 amide bonds. The van der Waals surface area contributed by atoms with Crippen molar-refractivity contribution in [3.63, 3.8) is 0 Å². The van der Waals surface area contributed by atoms with Gasteiger partial charge in [-0.25, -0.2) is 0 Å². The van der Waals surface area contributed by atoms with E-state index in [9.17, 15) is 5.11 Å². The molecule has 112 valence electrons. The highest BCUT2D eigenvalue weighted by molar-refractivity contribution is 9.10. The monoisotopic (exact) mass is 350 g/mol. The smallest absolute Gasteiger partial charge is 0.131 e. The fourth-order valence-corrected chi connectivity index (χ4v) is 3.22. The number of aliphatic hydroxyl groups is 1. The quantitative estimate of drug-likeness (QED) is 0.917. The van der Waals surface area contributed by atoms with E-state index in [4.69, 9.17) is 4.74 Å². The summed E-state index contributed by atoms with van der Waals surface area (Å²) in [4.78, 5) is 0. The van der Waals surface area contributed by atoms with Crippen LogP contribution in [0.15, 0.2) is 22.7 Å². The summed E-state index contributed by atoms with van der Waals surface area (Å²) >= 11 is 3.58. The molecule has 1 atom stereocenters. The van der Waals surface area contributed by atoms with Crippen LogP contribution in [-0.4, -0.2) is 14.9 Å². The molecule has 1 aromatic carbocycles. The third kappa shape index (κ3) is 2.72. The second-order valence-corrected chi connectivity index (χ2v) is 6.16. The molecule has 0 aliphatic heterocycles. The third-order valence-electron chi connectivity index (χ3n) is 3.99. The molecule has 5 heteroatoms. The second kappa shape index (κ2) is 5.81. The van der Waals surface area contributed by atoms with Gasteiger partial charge in [0.1, 0.15) is 12.4 Å². The normalized spacial score (nSPS) is 17.0. The molecule has 0 unspecified atom stereocenters. The average molecular weight is 351 g/mol. The zero-order valence-electron chi connectivity index (χ0n) is 12.3. The predicted octanol–water partition coefficient (Wildman–Crippen LogP) is 3.53. The Morgan fingerprint density at radius 3 is 3.05 bits per heavy atom. The van der Waals surface area contributed by atoms with Crippen LogP contribution in [0.1, 0.15) is 42.0 Å². The summed E-state index contributed by atoms with van der Waals surface area (Å²) in [6.45, 7) is 5.35. The summed E-state index contributed by atoms with van der Waals surface area (Å²) < 4.78 is 8.89. The molecule has 4 nitrogen and oxygen atoms in total. The first-order chi connectivity index (χ1) is 10.1. The van der Waals surface area contributed by atoms with Gasteiger partial charge in [-0.1, -0.05) is 6.07 Å². The highest BCUT2D eigenvalue weighted by Crippen LogP contribution is 2.33. The standard InChI is InChI=1S/C16H19BrN2O2/c1-3-19-14(16(17)10(2)18-19)9-21-12-5-6-13-11(8-12)4-7-15(13)20/h5-6,8,15,20H,3-4,7,9H2,1-2H3/t15-/m1/s1. The minimum Gasteiger partial charge on any atom is -0.487 e. The molecule has 1 aliphatic carbocycles.